The molecule has 1 heterocycles. The number of rotatable bonds is 5. The molecule has 10 nitrogen and oxygen atoms in total. The summed E-state index contributed by atoms with van der Waals surface area (Å²) < 4.78 is 36.5. The molecule has 13 heteroatoms. The molecule has 2 aromatic carbocycles. The molecule has 152 valence electrons. The summed E-state index contributed by atoms with van der Waals surface area (Å²) in [5, 5.41) is -1.08. The Bertz CT molecular complexity index is 1320. The van der Waals surface area contributed by atoms with Gasteiger partial charge >= 0.3 is 7.60 Å². The number of carbonyl (C=O) groups is 1. The lowest BCUT2D eigenvalue weighted by atomic mass is 10.2. The molecule has 0 spiro atoms. The number of benzene rings is 2. The Kier molecular flexibility index (Phi) is 5.63. The standard InChI is InChI=1S/C16H13ClN3O7PS/c17-11-8-12-10(6-13(16(22)18-12)28(23,24)25)7-14(11)29(26,27)20-19-15(21)9-4-2-1-3-5-9/h1-8,20H,(H,18,22)(H,19,21)(H2,23,24,25). The van der Waals surface area contributed by atoms with E-state index in [1.54, 1.807) is 18.2 Å². The van der Waals surface area contributed by atoms with Gasteiger partial charge in [0.15, 0.2) is 0 Å². The van der Waals surface area contributed by atoms with Gasteiger partial charge in [0.25, 0.3) is 21.5 Å². The van der Waals surface area contributed by atoms with E-state index in [0.29, 0.717) is 0 Å². The van der Waals surface area contributed by atoms with Crippen molar-refractivity contribution >= 4 is 51.3 Å². The number of sulfonamides is 1. The molecule has 1 amide bonds. The Balaban J connectivity index is 1.98. The van der Waals surface area contributed by atoms with Gasteiger partial charge in [-0.15, -0.1) is 4.83 Å². The van der Waals surface area contributed by atoms with E-state index in [0.717, 1.165) is 18.2 Å². The third kappa shape index (κ3) is 4.56. The zero-order chi connectivity index (χ0) is 21.4. The van der Waals surface area contributed by atoms with Crippen LogP contribution in [0, 0.1) is 0 Å². The monoisotopic (exact) mass is 457 g/mol. The molecule has 3 rings (SSSR count). The van der Waals surface area contributed by atoms with Gasteiger partial charge in [0.1, 0.15) is 10.2 Å². The number of pyridine rings is 1. The summed E-state index contributed by atoms with van der Waals surface area (Å²) in [6, 6.07) is 10.9. The lowest BCUT2D eigenvalue weighted by Gasteiger charge is -2.11. The molecule has 29 heavy (non-hydrogen) atoms. The first-order valence-electron chi connectivity index (χ1n) is 7.79. The number of hydrazine groups is 1. The number of halogens is 1. The molecule has 0 bridgehead atoms. The highest BCUT2D eigenvalue weighted by atomic mass is 35.5. The number of aromatic nitrogens is 1. The third-order valence-corrected chi connectivity index (χ3v) is 6.49. The van der Waals surface area contributed by atoms with Gasteiger partial charge in [0.05, 0.1) is 5.02 Å². The zero-order valence-corrected chi connectivity index (χ0v) is 16.8. The molecule has 0 unspecified atom stereocenters. The third-order valence-electron chi connectivity index (χ3n) is 3.82. The fourth-order valence-electron chi connectivity index (χ4n) is 2.45. The number of fused-ring (bicyclic) bond motifs is 1. The first-order valence-corrected chi connectivity index (χ1v) is 11.3. The number of amides is 1. The molecular formula is C16H13ClN3O7PS. The van der Waals surface area contributed by atoms with Crippen molar-refractivity contribution in [3.05, 3.63) is 69.5 Å². The van der Waals surface area contributed by atoms with Crippen LogP contribution in [-0.2, 0) is 14.6 Å². The Morgan fingerprint density at radius 2 is 1.76 bits per heavy atom. The van der Waals surface area contributed by atoms with E-state index in [4.69, 9.17) is 11.6 Å². The second-order valence-electron chi connectivity index (χ2n) is 5.82. The summed E-state index contributed by atoms with van der Waals surface area (Å²) in [7, 11) is -9.23. The van der Waals surface area contributed by atoms with Crippen LogP contribution in [0.2, 0.25) is 5.02 Å². The highest BCUT2D eigenvalue weighted by Gasteiger charge is 2.24. The Morgan fingerprint density at radius 3 is 2.38 bits per heavy atom. The molecule has 5 N–H and O–H groups in total. The molecule has 0 atom stereocenters. The predicted octanol–water partition coefficient (Wildman–Crippen LogP) is 0.608. The van der Waals surface area contributed by atoms with Crippen molar-refractivity contribution in [1.82, 2.24) is 15.2 Å². The minimum atomic E-state index is -4.89. The number of aromatic amines is 1. The van der Waals surface area contributed by atoms with E-state index < -0.39 is 39.3 Å². The average molecular weight is 458 g/mol. The van der Waals surface area contributed by atoms with Crippen molar-refractivity contribution in [1.29, 1.82) is 0 Å². The topological polar surface area (TPSA) is 166 Å². The van der Waals surface area contributed by atoms with Crippen molar-refractivity contribution in [2.45, 2.75) is 4.90 Å². The van der Waals surface area contributed by atoms with Crippen molar-refractivity contribution < 1.29 is 27.6 Å². The van der Waals surface area contributed by atoms with Crippen molar-refractivity contribution in [2.24, 2.45) is 0 Å². The Labute approximate surface area is 168 Å². The van der Waals surface area contributed by atoms with Crippen LogP contribution in [0.5, 0.6) is 0 Å². The number of hydrogen-bond donors (Lipinski definition) is 5. The summed E-state index contributed by atoms with van der Waals surface area (Å²) >= 11 is 5.99. The van der Waals surface area contributed by atoms with Gasteiger partial charge in [-0.05, 0) is 30.3 Å². The Hall–Kier alpha value is -2.53. The molecule has 3 aromatic rings. The molecule has 0 aliphatic rings. The molecule has 0 fully saturated rings. The second-order valence-corrected chi connectivity index (χ2v) is 9.45. The average Bonchev–Trinajstić information content (AvgIpc) is 2.65. The van der Waals surface area contributed by atoms with Crippen LogP contribution < -0.4 is 21.1 Å². The van der Waals surface area contributed by atoms with Crippen LogP contribution in [0.15, 0.2) is 58.2 Å². The van der Waals surface area contributed by atoms with E-state index in [1.807, 2.05) is 10.3 Å². The van der Waals surface area contributed by atoms with E-state index in [9.17, 15) is 32.4 Å². The summed E-state index contributed by atoms with van der Waals surface area (Å²) in [6.07, 6.45) is 0. The van der Waals surface area contributed by atoms with Crippen molar-refractivity contribution in [2.75, 3.05) is 0 Å². The molecule has 1 aromatic heterocycles. The number of H-pyrrole nitrogens is 1. The van der Waals surface area contributed by atoms with Gasteiger partial charge in [0.2, 0.25) is 0 Å². The molecule has 0 radical (unpaired) electrons. The minimum Gasteiger partial charge on any atom is -0.321 e. The first-order chi connectivity index (χ1) is 13.5. The van der Waals surface area contributed by atoms with Crippen molar-refractivity contribution in [3.63, 3.8) is 0 Å². The quantitative estimate of drug-likeness (QED) is 0.276. The van der Waals surface area contributed by atoms with E-state index in [2.05, 4.69) is 4.98 Å². The van der Waals surface area contributed by atoms with Gasteiger partial charge in [-0.2, -0.15) is 0 Å². The number of carbonyl (C=O) groups excluding carboxylic acids is 1. The highest BCUT2D eigenvalue weighted by Crippen LogP contribution is 2.33. The van der Waals surface area contributed by atoms with Crippen LogP contribution in [0.1, 0.15) is 10.4 Å². The van der Waals surface area contributed by atoms with Crippen LogP contribution in [-0.4, -0.2) is 29.1 Å². The summed E-state index contributed by atoms with van der Waals surface area (Å²) in [5.41, 5.74) is 1.30. The predicted molar refractivity (Wildman–Crippen MR) is 105 cm³/mol. The van der Waals surface area contributed by atoms with E-state index >= 15 is 0 Å². The van der Waals surface area contributed by atoms with E-state index in [-0.39, 0.29) is 21.5 Å². The lowest BCUT2D eigenvalue weighted by Crippen LogP contribution is -2.41. The Morgan fingerprint density at radius 1 is 1.10 bits per heavy atom. The van der Waals surface area contributed by atoms with Crippen LogP contribution in [0.25, 0.3) is 10.9 Å². The van der Waals surface area contributed by atoms with Gasteiger partial charge in [-0.1, -0.05) is 29.8 Å². The van der Waals surface area contributed by atoms with Crippen LogP contribution in [0.3, 0.4) is 0 Å². The molecular weight excluding hydrogens is 445 g/mol. The maximum atomic E-state index is 12.5. The minimum absolute atomic E-state index is 0.0158. The smallest absolute Gasteiger partial charge is 0.321 e. The fraction of sp³-hybridized carbons (Fsp3) is 0. The largest absolute Gasteiger partial charge is 0.361 e. The number of hydrogen-bond acceptors (Lipinski definition) is 5. The fourth-order valence-corrected chi connectivity index (χ4v) is 4.48. The molecule has 0 saturated heterocycles. The maximum absolute atomic E-state index is 12.5. The molecule has 0 saturated carbocycles. The van der Waals surface area contributed by atoms with Gasteiger partial charge < -0.3 is 14.8 Å². The van der Waals surface area contributed by atoms with Gasteiger partial charge in [-0.25, -0.2) is 8.42 Å². The van der Waals surface area contributed by atoms with Crippen LogP contribution in [0.4, 0.5) is 0 Å². The number of nitrogens with one attached hydrogen (secondary N) is 3. The second kappa shape index (κ2) is 7.71. The van der Waals surface area contributed by atoms with Crippen LogP contribution >= 0.6 is 19.2 Å². The highest BCUT2D eigenvalue weighted by molar-refractivity contribution is 7.89. The van der Waals surface area contributed by atoms with Crippen molar-refractivity contribution in [3.8, 4) is 0 Å². The normalized spacial score (nSPS) is 12.1. The SMILES string of the molecule is O=C(NNS(=O)(=O)c1cc2cc(P(=O)(O)O)c(=O)[nH]c2cc1Cl)c1ccccc1. The summed E-state index contributed by atoms with van der Waals surface area (Å²) in [5.74, 6) is -0.709. The molecule has 0 aliphatic carbocycles. The van der Waals surface area contributed by atoms with Gasteiger partial charge in [-0.3, -0.25) is 19.6 Å². The summed E-state index contributed by atoms with van der Waals surface area (Å²) in [6.45, 7) is 0. The van der Waals surface area contributed by atoms with Gasteiger partial charge in [0, 0.05) is 16.5 Å². The lowest BCUT2D eigenvalue weighted by molar-refractivity contribution is 0.0945. The van der Waals surface area contributed by atoms with E-state index in [1.165, 1.54) is 12.1 Å². The molecule has 0 aliphatic heterocycles. The maximum Gasteiger partial charge on any atom is 0.361 e. The first kappa shape index (κ1) is 21.2. The summed E-state index contributed by atoms with van der Waals surface area (Å²) in [4.78, 5) is 46.0. The zero-order valence-electron chi connectivity index (χ0n) is 14.3.